The average molecular weight is 298 g/mol. The molecule has 0 saturated carbocycles. The number of rotatable bonds is 4. The standard InChI is InChI=1S/C17H18N2OS/c1-12-6-5-9-16(13(12)2)20-11-10-19-15-8-4-3-7-14(15)18-17(19)21/h3-9H,10-11H2,1-2H3,(H,18,21). The molecule has 4 heteroatoms. The summed E-state index contributed by atoms with van der Waals surface area (Å²) in [6.07, 6.45) is 0. The van der Waals surface area contributed by atoms with Crippen molar-refractivity contribution in [2.75, 3.05) is 6.61 Å². The molecule has 1 N–H and O–H groups in total. The molecule has 1 aromatic heterocycles. The van der Waals surface area contributed by atoms with Gasteiger partial charge in [-0.2, -0.15) is 0 Å². The number of H-pyrrole nitrogens is 1. The van der Waals surface area contributed by atoms with Crippen molar-refractivity contribution in [3.63, 3.8) is 0 Å². The smallest absolute Gasteiger partial charge is 0.178 e. The molecule has 0 amide bonds. The Labute approximate surface area is 129 Å². The molecule has 0 aliphatic carbocycles. The molecule has 0 fully saturated rings. The van der Waals surface area contributed by atoms with Gasteiger partial charge < -0.3 is 14.3 Å². The lowest BCUT2D eigenvalue weighted by Gasteiger charge is -2.11. The van der Waals surface area contributed by atoms with Crippen LogP contribution >= 0.6 is 12.2 Å². The molecule has 0 bridgehead atoms. The van der Waals surface area contributed by atoms with Gasteiger partial charge in [0.05, 0.1) is 17.6 Å². The fourth-order valence-electron chi connectivity index (χ4n) is 2.46. The van der Waals surface area contributed by atoms with Crippen LogP contribution in [0, 0.1) is 18.6 Å². The van der Waals surface area contributed by atoms with Crippen molar-refractivity contribution >= 4 is 23.3 Å². The van der Waals surface area contributed by atoms with Gasteiger partial charge in [0, 0.05) is 0 Å². The molecule has 108 valence electrons. The van der Waals surface area contributed by atoms with E-state index in [4.69, 9.17) is 17.0 Å². The zero-order valence-corrected chi connectivity index (χ0v) is 13.0. The predicted octanol–water partition coefficient (Wildman–Crippen LogP) is 4.39. The van der Waals surface area contributed by atoms with E-state index in [2.05, 4.69) is 35.5 Å². The first-order valence-corrected chi connectivity index (χ1v) is 7.44. The summed E-state index contributed by atoms with van der Waals surface area (Å²) in [5.41, 5.74) is 4.62. The van der Waals surface area contributed by atoms with E-state index in [0.29, 0.717) is 6.61 Å². The predicted molar refractivity (Wildman–Crippen MR) is 88.5 cm³/mol. The van der Waals surface area contributed by atoms with Crippen LogP contribution in [-0.4, -0.2) is 16.2 Å². The largest absolute Gasteiger partial charge is 0.491 e. The van der Waals surface area contributed by atoms with Crippen LogP contribution in [0.25, 0.3) is 11.0 Å². The van der Waals surface area contributed by atoms with Gasteiger partial charge in [-0.05, 0) is 55.4 Å². The fourth-order valence-corrected chi connectivity index (χ4v) is 2.76. The first kappa shape index (κ1) is 13.9. The molecule has 0 unspecified atom stereocenters. The molecule has 3 nitrogen and oxygen atoms in total. The van der Waals surface area contributed by atoms with Crippen LogP contribution in [0.3, 0.4) is 0 Å². The van der Waals surface area contributed by atoms with Gasteiger partial charge in [0.25, 0.3) is 0 Å². The summed E-state index contributed by atoms with van der Waals surface area (Å²) in [6, 6.07) is 14.3. The Kier molecular flexibility index (Phi) is 3.80. The normalized spacial score (nSPS) is 11.0. The van der Waals surface area contributed by atoms with Gasteiger partial charge in [0.15, 0.2) is 4.77 Å². The van der Waals surface area contributed by atoms with Crippen LogP contribution in [0.2, 0.25) is 0 Å². The molecule has 3 aromatic rings. The van der Waals surface area contributed by atoms with Crippen molar-refractivity contribution in [2.24, 2.45) is 0 Å². The molecule has 0 atom stereocenters. The first-order chi connectivity index (χ1) is 10.2. The highest BCUT2D eigenvalue weighted by Crippen LogP contribution is 2.21. The summed E-state index contributed by atoms with van der Waals surface area (Å²) in [5, 5.41) is 0. The zero-order chi connectivity index (χ0) is 14.8. The van der Waals surface area contributed by atoms with Crippen molar-refractivity contribution in [1.82, 2.24) is 9.55 Å². The maximum Gasteiger partial charge on any atom is 0.178 e. The monoisotopic (exact) mass is 298 g/mol. The van der Waals surface area contributed by atoms with E-state index < -0.39 is 0 Å². The number of nitrogens with one attached hydrogen (secondary N) is 1. The van der Waals surface area contributed by atoms with Gasteiger partial charge in [0.2, 0.25) is 0 Å². The lowest BCUT2D eigenvalue weighted by Crippen LogP contribution is -2.09. The number of hydrogen-bond acceptors (Lipinski definition) is 2. The molecular formula is C17H18N2OS. The number of fused-ring (bicyclic) bond motifs is 1. The Bertz CT molecular complexity index is 832. The number of nitrogens with zero attached hydrogens (tertiary/aromatic N) is 1. The van der Waals surface area contributed by atoms with Crippen LogP contribution in [0.15, 0.2) is 42.5 Å². The third-order valence-electron chi connectivity index (χ3n) is 3.81. The second-order valence-corrected chi connectivity index (χ2v) is 5.53. The van der Waals surface area contributed by atoms with E-state index in [1.54, 1.807) is 0 Å². The van der Waals surface area contributed by atoms with Crippen molar-refractivity contribution in [1.29, 1.82) is 0 Å². The molecule has 1 heterocycles. The average Bonchev–Trinajstić information content (AvgIpc) is 2.80. The summed E-state index contributed by atoms with van der Waals surface area (Å²) >= 11 is 5.38. The number of imidazole rings is 1. The fraction of sp³-hybridized carbons (Fsp3) is 0.235. The van der Waals surface area contributed by atoms with Gasteiger partial charge in [-0.25, -0.2) is 0 Å². The van der Waals surface area contributed by atoms with E-state index in [1.807, 2.05) is 30.3 Å². The number of benzene rings is 2. The van der Waals surface area contributed by atoms with Crippen molar-refractivity contribution in [3.05, 3.63) is 58.4 Å². The number of aryl methyl sites for hydroxylation is 1. The number of aromatic amines is 1. The van der Waals surface area contributed by atoms with Crippen LogP contribution in [-0.2, 0) is 6.54 Å². The van der Waals surface area contributed by atoms with Crippen LogP contribution in [0.1, 0.15) is 11.1 Å². The minimum atomic E-state index is 0.598. The summed E-state index contributed by atoms with van der Waals surface area (Å²) in [4.78, 5) is 3.22. The second-order valence-electron chi connectivity index (χ2n) is 5.15. The third kappa shape index (κ3) is 2.72. The maximum absolute atomic E-state index is 5.91. The number of aromatic nitrogens is 2. The van der Waals surface area contributed by atoms with Crippen LogP contribution in [0.4, 0.5) is 0 Å². The van der Waals surface area contributed by atoms with Gasteiger partial charge >= 0.3 is 0 Å². The van der Waals surface area contributed by atoms with E-state index in [-0.39, 0.29) is 0 Å². The Balaban J connectivity index is 1.77. The highest BCUT2D eigenvalue weighted by molar-refractivity contribution is 7.71. The molecule has 0 spiro atoms. The molecule has 2 aromatic carbocycles. The van der Waals surface area contributed by atoms with E-state index in [0.717, 1.165) is 28.1 Å². The van der Waals surface area contributed by atoms with Crippen molar-refractivity contribution < 1.29 is 4.74 Å². The Morgan fingerprint density at radius 3 is 2.76 bits per heavy atom. The minimum absolute atomic E-state index is 0.598. The molecule has 21 heavy (non-hydrogen) atoms. The highest BCUT2D eigenvalue weighted by Gasteiger charge is 2.05. The van der Waals surface area contributed by atoms with Crippen LogP contribution < -0.4 is 4.74 Å². The summed E-state index contributed by atoms with van der Waals surface area (Å²) in [5.74, 6) is 0.946. The molecule has 0 saturated heterocycles. The molecule has 0 aliphatic rings. The van der Waals surface area contributed by atoms with Crippen molar-refractivity contribution in [2.45, 2.75) is 20.4 Å². The molecular weight excluding hydrogens is 280 g/mol. The van der Waals surface area contributed by atoms with Gasteiger partial charge in [0.1, 0.15) is 12.4 Å². The van der Waals surface area contributed by atoms with Gasteiger partial charge in [-0.1, -0.05) is 24.3 Å². The Morgan fingerprint density at radius 2 is 1.90 bits per heavy atom. The first-order valence-electron chi connectivity index (χ1n) is 7.03. The Morgan fingerprint density at radius 1 is 1.10 bits per heavy atom. The Hall–Kier alpha value is -2.07. The lowest BCUT2D eigenvalue weighted by atomic mass is 10.1. The topological polar surface area (TPSA) is 29.9 Å². The molecule has 0 radical (unpaired) electrons. The quantitative estimate of drug-likeness (QED) is 0.724. The zero-order valence-electron chi connectivity index (χ0n) is 12.2. The third-order valence-corrected chi connectivity index (χ3v) is 4.13. The minimum Gasteiger partial charge on any atom is -0.491 e. The summed E-state index contributed by atoms with van der Waals surface area (Å²) < 4.78 is 8.73. The van der Waals surface area contributed by atoms with E-state index in [9.17, 15) is 0 Å². The summed E-state index contributed by atoms with van der Waals surface area (Å²) in [6.45, 7) is 5.51. The van der Waals surface area contributed by atoms with Gasteiger partial charge in [-0.3, -0.25) is 0 Å². The SMILES string of the molecule is Cc1cccc(OCCn2c(=S)[nH]c3ccccc32)c1C. The van der Waals surface area contributed by atoms with Crippen molar-refractivity contribution in [3.8, 4) is 5.75 Å². The number of para-hydroxylation sites is 2. The highest BCUT2D eigenvalue weighted by atomic mass is 32.1. The number of ether oxygens (including phenoxy) is 1. The maximum atomic E-state index is 5.91. The summed E-state index contributed by atoms with van der Waals surface area (Å²) in [7, 11) is 0. The second kappa shape index (κ2) is 5.74. The molecule has 0 aliphatic heterocycles. The molecule has 3 rings (SSSR count). The number of hydrogen-bond donors (Lipinski definition) is 1. The van der Waals surface area contributed by atoms with Crippen LogP contribution in [0.5, 0.6) is 5.75 Å². The van der Waals surface area contributed by atoms with E-state index >= 15 is 0 Å². The lowest BCUT2D eigenvalue weighted by molar-refractivity contribution is 0.297. The van der Waals surface area contributed by atoms with Gasteiger partial charge in [-0.15, -0.1) is 0 Å². The van der Waals surface area contributed by atoms with E-state index in [1.165, 1.54) is 11.1 Å².